The number of benzene rings is 3. The molecule has 2 N–H and O–H groups in total. The van der Waals surface area contributed by atoms with Crippen molar-refractivity contribution < 1.29 is 50.8 Å². The van der Waals surface area contributed by atoms with Crippen LogP contribution in [-0.4, -0.2) is 93.6 Å². The highest BCUT2D eigenvalue weighted by atomic mass is 31.2. The van der Waals surface area contributed by atoms with Crippen LogP contribution in [0.15, 0.2) is 78.9 Å². The van der Waals surface area contributed by atoms with Gasteiger partial charge in [0.15, 0.2) is 0 Å². The number of hydrogen-bond acceptors (Lipinski definition) is 10. The van der Waals surface area contributed by atoms with E-state index < -0.39 is 57.0 Å². The quantitative estimate of drug-likeness (QED) is 0.0728. The van der Waals surface area contributed by atoms with E-state index in [0.717, 1.165) is 16.7 Å². The monoisotopic (exact) mass is 802 g/mol. The molecule has 3 aromatic carbocycles. The number of halogens is 3. The van der Waals surface area contributed by atoms with E-state index in [2.05, 4.69) is 16.1 Å². The van der Waals surface area contributed by atoms with Gasteiger partial charge in [-0.15, -0.1) is 0 Å². The number of nitrogens with zero attached hydrogens (tertiary/aromatic N) is 2. The second-order valence-corrected chi connectivity index (χ2v) is 14.9. The van der Waals surface area contributed by atoms with Crippen molar-refractivity contribution in [3.63, 3.8) is 0 Å². The molecule has 1 heterocycles. The molecule has 16 heteroatoms. The molecule has 56 heavy (non-hydrogen) atoms. The van der Waals surface area contributed by atoms with E-state index in [4.69, 9.17) is 28.0 Å². The predicted octanol–water partition coefficient (Wildman–Crippen LogP) is 6.63. The zero-order chi connectivity index (χ0) is 40.9. The number of hydrogen-bond donors (Lipinski definition) is 2. The maximum Gasteiger partial charge on any atom is 0.471 e. The molecule has 4 rings (SSSR count). The minimum Gasteiger partial charge on any atom is -0.497 e. The lowest BCUT2D eigenvalue weighted by Crippen LogP contribution is -2.43. The molecule has 0 aromatic heterocycles. The first-order valence-electron chi connectivity index (χ1n) is 18.3. The molecule has 1 saturated heterocycles. The molecule has 0 aliphatic carbocycles. The Morgan fingerprint density at radius 2 is 1.41 bits per heavy atom. The van der Waals surface area contributed by atoms with Crippen LogP contribution >= 0.6 is 8.53 Å². The lowest BCUT2D eigenvalue weighted by atomic mass is 9.80. The molecule has 3 aromatic rings. The van der Waals surface area contributed by atoms with Gasteiger partial charge in [0.2, 0.25) is 5.91 Å². The van der Waals surface area contributed by atoms with Crippen LogP contribution in [0.3, 0.4) is 0 Å². The lowest BCUT2D eigenvalue weighted by Gasteiger charge is -2.39. The molecule has 2 amide bonds. The third-order valence-electron chi connectivity index (χ3n) is 8.99. The predicted molar refractivity (Wildman–Crippen MR) is 204 cm³/mol. The van der Waals surface area contributed by atoms with Crippen molar-refractivity contribution >= 4 is 20.3 Å². The summed E-state index contributed by atoms with van der Waals surface area (Å²) in [6.45, 7) is 7.33. The molecule has 0 spiro atoms. The van der Waals surface area contributed by atoms with Crippen LogP contribution in [0.1, 0.15) is 57.2 Å². The van der Waals surface area contributed by atoms with Crippen LogP contribution in [0.4, 0.5) is 13.2 Å². The second-order valence-electron chi connectivity index (χ2n) is 13.4. The molecule has 0 radical (unpaired) electrons. The van der Waals surface area contributed by atoms with E-state index in [1.807, 2.05) is 107 Å². The number of nitriles is 1. The Kier molecular flexibility index (Phi) is 16.5. The molecular weight excluding hydrogens is 752 g/mol. The van der Waals surface area contributed by atoms with E-state index in [-0.39, 0.29) is 44.7 Å². The van der Waals surface area contributed by atoms with Crippen molar-refractivity contribution in [2.75, 3.05) is 40.5 Å². The first kappa shape index (κ1) is 44.4. The molecule has 4 atom stereocenters. The minimum atomic E-state index is -5.05. The second kappa shape index (κ2) is 20.8. The lowest BCUT2D eigenvalue weighted by molar-refractivity contribution is -0.173. The van der Waals surface area contributed by atoms with E-state index in [1.54, 1.807) is 19.5 Å². The number of carbonyl (C=O) groups excluding carboxylic acids is 2. The summed E-state index contributed by atoms with van der Waals surface area (Å²) >= 11 is 0. The Labute approximate surface area is 327 Å². The summed E-state index contributed by atoms with van der Waals surface area (Å²) in [6, 6.07) is 26.7. The van der Waals surface area contributed by atoms with E-state index >= 15 is 0 Å². The fourth-order valence-corrected chi connectivity index (χ4v) is 8.17. The Morgan fingerprint density at radius 3 is 1.91 bits per heavy atom. The number of rotatable bonds is 20. The van der Waals surface area contributed by atoms with Crippen LogP contribution in [-0.2, 0) is 33.7 Å². The molecule has 0 bridgehead atoms. The van der Waals surface area contributed by atoms with Gasteiger partial charge in [-0.1, -0.05) is 54.6 Å². The van der Waals surface area contributed by atoms with Crippen LogP contribution in [0.5, 0.6) is 11.5 Å². The van der Waals surface area contributed by atoms with Crippen molar-refractivity contribution in [3.8, 4) is 17.6 Å². The van der Waals surface area contributed by atoms with Crippen LogP contribution in [0.25, 0.3) is 0 Å². The molecular formula is C40H50F3N4O8P. The highest BCUT2D eigenvalue weighted by Crippen LogP contribution is 2.50. The zero-order valence-electron chi connectivity index (χ0n) is 32.4. The van der Waals surface area contributed by atoms with Crippen molar-refractivity contribution in [1.29, 1.82) is 5.26 Å². The minimum absolute atomic E-state index is 0.0119. The van der Waals surface area contributed by atoms with Gasteiger partial charge in [0, 0.05) is 31.6 Å². The van der Waals surface area contributed by atoms with Crippen LogP contribution in [0, 0.1) is 11.3 Å². The average molecular weight is 803 g/mol. The number of amides is 2. The molecule has 0 saturated carbocycles. The molecule has 1 fully saturated rings. The topological polar surface area (TPSA) is 141 Å². The Hall–Kier alpha value is -4.29. The summed E-state index contributed by atoms with van der Waals surface area (Å²) < 4.78 is 77.5. The van der Waals surface area contributed by atoms with Gasteiger partial charge in [-0.05, 0) is 68.7 Å². The summed E-state index contributed by atoms with van der Waals surface area (Å²) in [7, 11) is 1.40. The van der Waals surface area contributed by atoms with Gasteiger partial charge >= 0.3 is 12.1 Å². The summed E-state index contributed by atoms with van der Waals surface area (Å²) in [5.41, 5.74) is 1.12. The van der Waals surface area contributed by atoms with Gasteiger partial charge in [-0.25, -0.2) is 4.67 Å². The third kappa shape index (κ3) is 11.4. The number of carbonyl (C=O) groups is 2. The molecule has 304 valence electrons. The zero-order valence-corrected chi connectivity index (χ0v) is 33.3. The average Bonchev–Trinajstić information content (AvgIpc) is 3.59. The van der Waals surface area contributed by atoms with Gasteiger partial charge in [-0.2, -0.15) is 18.4 Å². The summed E-state index contributed by atoms with van der Waals surface area (Å²) in [6.07, 6.45) is -7.54. The highest BCUT2D eigenvalue weighted by Gasteiger charge is 2.46. The fraction of sp³-hybridized carbons (Fsp3) is 0.475. The van der Waals surface area contributed by atoms with E-state index in [9.17, 15) is 28.0 Å². The maximum atomic E-state index is 13.4. The van der Waals surface area contributed by atoms with Crippen molar-refractivity contribution in [2.45, 2.75) is 82.7 Å². The smallest absolute Gasteiger partial charge is 0.471 e. The molecule has 1 aliphatic rings. The van der Waals surface area contributed by atoms with Crippen molar-refractivity contribution in [1.82, 2.24) is 15.3 Å². The molecule has 12 nitrogen and oxygen atoms in total. The Morgan fingerprint density at radius 1 is 0.875 bits per heavy atom. The normalized spacial score (nSPS) is 17.8. The summed E-state index contributed by atoms with van der Waals surface area (Å²) in [5.74, 6) is -1.40. The van der Waals surface area contributed by atoms with Gasteiger partial charge in [-0.3, -0.25) is 9.59 Å². The van der Waals surface area contributed by atoms with E-state index in [1.165, 1.54) is 0 Å². The molecule has 1 aliphatic heterocycles. The first-order chi connectivity index (χ1) is 26.7. The largest absolute Gasteiger partial charge is 0.497 e. The fourth-order valence-electron chi connectivity index (χ4n) is 6.41. The first-order valence-corrected chi connectivity index (χ1v) is 19.4. The van der Waals surface area contributed by atoms with Crippen LogP contribution < -0.4 is 20.1 Å². The van der Waals surface area contributed by atoms with Crippen molar-refractivity contribution in [2.24, 2.45) is 0 Å². The maximum absolute atomic E-state index is 13.4. The number of ether oxygens (including phenoxy) is 4. The standard InChI is InChI=1S/C40H50F3N4O8P/c1-27(2)47(28(3)4)56(53-24-10-21-44)55-34-25-35(37(48)45-22-23-46-38(49)40(41,42)43)54-36(34)26-52-39(29-11-8-7-9-12-29,30-13-17-32(50-5)18-14-30)31-15-19-33(51-6)20-16-31/h7-9,11-20,27-28,34-36H,10,22-26H2,1-6H3,(H,45,48)(H,46,49)/t34-,35+,36+,56?/m0/s1. The van der Waals surface area contributed by atoms with Gasteiger partial charge < -0.3 is 38.6 Å². The summed E-state index contributed by atoms with van der Waals surface area (Å²) in [4.78, 5) is 24.7. The van der Waals surface area contributed by atoms with Gasteiger partial charge in [0.1, 0.15) is 29.3 Å². The Balaban J connectivity index is 1.72. The third-order valence-corrected chi connectivity index (χ3v) is 11.1. The summed E-state index contributed by atoms with van der Waals surface area (Å²) in [5, 5.41) is 13.6. The van der Waals surface area contributed by atoms with Gasteiger partial charge in [0.25, 0.3) is 8.53 Å². The van der Waals surface area contributed by atoms with Crippen LogP contribution in [0.2, 0.25) is 0 Å². The Bertz CT molecular complexity index is 1670. The van der Waals surface area contributed by atoms with E-state index in [0.29, 0.717) is 11.5 Å². The number of methoxy groups -OCH3 is 2. The van der Waals surface area contributed by atoms with Gasteiger partial charge in [0.05, 0.1) is 46.0 Å². The SMILES string of the molecule is COc1ccc(C(OC[C@H]2O[C@@H](C(=O)NCCNC(=O)C(F)(F)F)C[C@@H]2OP(OCCC#N)N(C(C)C)C(C)C)(c2ccccc2)c2ccc(OC)cc2)cc1. The molecule has 1 unspecified atom stereocenters. The number of alkyl halides is 3. The highest BCUT2D eigenvalue weighted by molar-refractivity contribution is 7.44. The van der Waals surface area contributed by atoms with Crippen molar-refractivity contribution in [3.05, 3.63) is 95.6 Å². The number of nitrogens with one attached hydrogen (secondary N) is 2.